The molecule has 2 rings (SSSR count). The van der Waals surface area contributed by atoms with Crippen LogP contribution in [0, 0.1) is 0 Å². The highest BCUT2D eigenvalue weighted by molar-refractivity contribution is 7.89. The molecule has 1 aromatic carbocycles. The second kappa shape index (κ2) is 7.38. The van der Waals surface area contributed by atoms with Crippen molar-refractivity contribution in [1.82, 2.24) is 4.31 Å². The van der Waals surface area contributed by atoms with Crippen molar-refractivity contribution in [1.29, 1.82) is 0 Å². The number of nitrogens with two attached hydrogens (primary N) is 1. The lowest BCUT2D eigenvalue weighted by molar-refractivity contribution is 0.00450. The Bertz CT molecular complexity index is 519. The largest absolute Gasteiger partial charge is 0.374 e. The van der Waals surface area contributed by atoms with E-state index < -0.39 is 10.0 Å². The molecule has 114 valence electrons. The van der Waals surface area contributed by atoms with Gasteiger partial charge in [0, 0.05) is 19.6 Å². The zero-order valence-corrected chi connectivity index (χ0v) is 13.1. The number of halogens is 1. The fourth-order valence-electron chi connectivity index (χ4n) is 2.10. The Morgan fingerprint density at radius 2 is 2.00 bits per heavy atom. The molecule has 0 amide bonds. The molecule has 0 aliphatic carbocycles. The van der Waals surface area contributed by atoms with Crippen LogP contribution in [0.1, 0.15) is 12.5 Å². The van der Waals surface area contributed by atoms with Crippen LogP contribution in [-0.4, -0.2) is 45.1 Å². The first kappa shape index (κ1) is 17.4. The van der Waals surface area contributed by atoms with E-state index in [-0.39, 0.29) is 18.5 Å². The van der Waals surface area contributed by atoms with Crippen LogP contribution in [0.5, 0.6) is 0 Å². The van der Waals surface area contributed by atoms with Crippen molar-refractivity contribution in [2.24, 2.45) is 5.73 Å². The molecular weight excluding hydrogens is 300 g/mol. The maximum Gasteiger partial charge on any atom is 0.243 e. The molecular formula is C13H21ClN2O3S. The molecule has 20 heavy (non-hydrogen) atoms. The number of rotatable bonds is 4. The number of sulfonamides is 1. The van der Waals surface area contributed by atoms with Crippen LogP contribution in [0.4, 0.5) is 0 Å². The van der Waals surface area contributed by atoms with Crippen molar-refractivity contribution in [2.75, 3.05) is 26.2 Å². The number of aryl methyl sites for hydroxylation is 1. The number of benzene rings is 1. The first-order chi connectivity index (χ1) is 9.07. The van der Waals surface area contributed by atoms with E-state index in [0.717, 1.165) is 12.0 Å². The quantitative estimate of drug-likeness (QED) is 0.899. The summed E-state index contributed by atoms with van der Waals surface area (Å²) in [6, 6.07) is 7.05. The summed E-state index contributed by atoms with van der Waals surface area (Å²) in [6.07, 6.45) is 0.686. The van der Waals surface area contributed by atoms with Crippen molar-refractivity contribution < 1.29 is 13.2 Å². The van der Waals surface area contributed by atoms with Crippen LogP contribution in [0.25, 0.3) is 0 Å². The van der Waals surface area contributed by atoms with Gasteiger partial charge in [0.1, 0.15) is 0 Å². The van der Waals surface area contributed by atoms with Crippen molar-refractivity contribution in [2.45, 2.75) is 24.3 Å². The highest BCUT2D eigenvalue weighted by Crippen LogP contribution is 2.19. The molecule has 1 aliphatic rings. The van der Waals surface area contributed by atoms with Gasteiger partial charge in [0.2, 0.25) is 10.0 Å². The van der Waals surface area contributed by atoms with Gasteiger partial charge in [-0.2, -0.15) is 4.31 Å². The number of ether oxygens (including phenoxy) is 1. The third-order valence-electron chi connectivity index (χ3n) is 3.33. The van der Waals surface area contributed by atoms with Gasteiger partial charge in [0.25, 0.3) is 0 Å². The Hall–Kier alpha value is -0.660. The first-order valence-corrected chi connectivity index (χ1v) is 7.92. The Morgan fingerprint density at radius 1 is 1.35 bits per heavy atom. The zero-order chi connectivity index (χ0) is 13.9. The summed E-state index contributed by atoms with van der Waals surface area (Å²) in [6.45, 7) is 3.48. The van der Waals surface area contributed by atoms with Crippen LogP contribution >= 0.6 is 12.4 Å². The Morgan fingerprint density at radius 3 is 2.55 bits per heavy atom. The molecule has 1 aromatic rings. The Labute approximate surface area is 126 Å². The minimum Gasteiger partial charge on any atom is -0.374 e. The summed E-state index contributed by atoms with van der Waals surface area (Å²) in [7, 11) is -3.43. The third-order valence-corrected chi connectivity index (χ3v) is 5.21. The molecule has 1 heterocycles. The normalized spacial score (nSPS) is 20.4. The van der Waals surface area contributed by atoms with Gasteiger partial charge in [0.15, 0.2) is 0 Å². The standard InChI is InChI=1S/C13H20N2O3S.ClH/c1-2-11-3-5-13(6-4-11)19(16,17)15-7-8-18-12(9-14)10-15;/h3-6,12H,2,7-10,14H2,1H3;1H. The number of morpholine rings is 1. The molecule has 7 heteroatoms. The summed E-state index contributed by atoms with van der Waals surface area (Å²) in [5.74, 6) is 0. The van der Waals surface area contributed by atoms with E-state index in [2.05, 4.69) is 0 Å². The van der Waals surface area contributed by atoms with Gasteiger partial charge in [-0.1, -0.05) is 19.1 Å². The molecule has 1 fully saturated rings. The predicted molar refractivity (Wildman–Crippen MR) is 80.6 cm³/mol. The fraction of sp³-hybridized carbons (Fsp3) is 0.538. The van der Waals surface area contributed by atoms with Crippen molar-refractivity contribution in [3.8, 4) is 0 Å². The molecule has 2 N–H and O–H groups in total. The molecule has 5 nitrogen and oxygen atoms in total. The lowest BCUT2D eigenvalue weighted by Crippen LogP contribution is -2.48. The van der Waals surface area contributed by atoms with Gasteiger partial charge in [-0.25, -0.2) is 8.42 Å². The second-order valence-electron chi connectivity index (χ2n) is 4.59. The molecule has 0 aromatic heterocycles. The van der Waals surface area contributed by atoms with Crippen LogP contribution in [0.3, 0.4) is 0 Å². The minimum atomic E-state index is -3.43. The maximum atomic E-state index is 12.5. The van der Waals surface area contributed by atoms with E-state index in [1.54, 1.807) is 12.1 Å². The van der Waals surface area contributed by atoms with E-state index in [0.29, 0.717) is 31.1 Å². The van der Waals surface area contributed by atoms with E-state index in [9.17, 15) is 8.42 Å². The van der Waals surface area contributed by atoms with E-state index in [1.165, 1.54) is 4.31 Å². The van der Waals surface area contributed by atoms with E-state index in [1.807, 2.05) is 19.1 Å². The Balaban J connectivity index is 0.00000200. The highest BCUT2D eigenvalue weighted by atomic mass is 35.5. The van der Waals surface area contributed by atoms with Gasteiger partial charge in [-0.15, -0.1) is 12.4 Å². The first-order valence-electron chi connectivity index (χ1n) is 6.48. The number of nitrogens with zero attached hydrogens (tertiary/aromatic N) is 1. The summed E-state index contributed by atoms with van der Waals surface area (Å²) in [5.41, 5.74) is 6.66. The lowest BCUT2D eigenvalue weighted by atomic mass is 10.2. The van der Waals surface area contributed by atoms with Gasteiger partial charge in [-0.3, -0.25) is 0 Å². The number of hydrogen-bond acceptors (Lipinski definition) is 4. The summed E-state index contributed by atoms with van der Waals surface area (Å²) < 4.78 is 31.8. The van der Waals surface area contributed by atoms with E-state index in [4.69, 9.17) is 10.5 Å². The predicted octanol–water partition coefficient (Wildman–Crippen LogP) is 1.02. The number of hydrogen-bond donors (Lipinski definition) is 1. The van der Waals surface area contributed by atoms with E-state index >= 15 is 0 Å². The molecule has 0 bridgehead atoms. The fourth-order valence-corrected chi connectivity index (χ4v) is 3.55. The lowest BCUT2D eigenvalue weighted by Gasteiger charge is -2.31. The summed E-state index contributed by atoms with van der Waals surface area (Å²) in [5, 5.41) is 0. The van der Waals surface area contributed by atoms with Crippen molar-refractivity contribution in [3.63, 3.8) is 0 Å². The SMILES string of the molecule is CCc1ccc(S(=O)(=O)N2CCOC(CN)C2)cc1.Cl. The molecule has 1 atom stereocenters. The molecule has 1 aliphatic heterocycles. The van der Waals surface area contributed by atoms with Gasteiger partial charge in [0.05, 0.1) is 17.6 Å². The molecule has 0 saturated carbocycles. The maximum absolute atomic E-state index is 12.5. The van der Waals surface area contributed by atoms with Gasteiger partial charge >= 0.3 is 0 Å². The third kappa shape index (κ3) is 3.71. The Kier molecular flexibility index (Phi) is 6.42. The molecule has 0 radical (unpaired) electrons. The summed E-state index contributed by atoms with van der Waals surface area (Å²) >= 11 is 0. The van der Waals surface area contributed by atoms with Crippen molar-refractivity contribution in [3.05, 3.63) is 29.8 Å². The summed E-state index contributed by atoms with van der Waals surface area (Å²) in [4.78, 5) is 0.336. The highest BCUT2D eigenvalue weighted by Gasteiger charge is 2.30. The average molecular weight is 321 g/mol. The van der Waals surface area contributed by atoms with Crippen molar-refractivity contribution >= 4 is 22.4 Å². The van der Waals surface area contributed by atoms with Gasteiger partial charge in [-0.05, 0) is 24.1 Å². The second-order valence-corrected chi connectivity index (χ2v) is 6.53. The van der Waals surface area contributed by atoms with Crippen LogP contribution in [0.15, 0.2) is 29.2 Å². The minimum absolute atomic E-state index is 0. The molecule has 1 saturated heterocycles. The molecule has 1 unspecified atom stereocenters. The van der Waals surface area contributed by atoms with Crippen LogP contribution in [0.2, 0.25) is 0 Å². The smallest absolute Gasteiger partial charge is 0.243 e. The zero-order valence-electron chi connectivity index (χ0n) is 11.5. The monoisotopic (exact) mass is 320 g/mol. The average Bonchev–Trinajstić information content (AvgIpc) is 2.47. The topological polar surface area (TPSA) is 72.6 Å². The van der Waals surface area contributed by atoms with Crippen LogP contribution in [-0.2, 0) is 21.2 Å². The van der Waals surface area contributed by atoms with Gasteiger partial charge < -0.3 is 10.5 Å². The van der Waals surface area contributed by atoms with Crippen LogP contribution < -0.4 is 5.73 Å². The molecule has 0 spiro atoms.